The van der Waals surface area contributed by atoms with Crippen LogP contribution in [0.25, 0.3) is 11.6 Å². The number of allylic oxidation sites excluding steroid dienone is 1. The Bertz CT molecular complexity index is 1010. The van der Waals surface area contributed by atoms with E-state index >= 15 is 0 Å². The van der Waals surface area contributed by atoms with E-state index < -0.39 is 0 Å². The van der Waals surface area contributed by atoms with Gasteiger partial charge in [0.05, 0.1) is 0 Å². The summed E-state index contributed by atoms with van der Waals surface area (Å²) in [4.78, 5) is 30.2. The maximum atomic E-state index is 12.7. The quantitative estimate of drug-likeness (QED) is 0.770. The van der Waals surface area contributed by atoms with Crippen molar-refractivity contribution < 1.29 is 9.59 Å². The Kier molecular flexibility index (Phi) is 5.76. The Labute approximate surface area is 175 Å². The number of hydrogen-bond donors (Lipinski definition) is 1. The number of carbonyl (C=O) groups is 2. The second kappa shape index (κ2) is 8.62. The maximum Gasteiger partial charge on any atom is 0.246 e. The molecule has 0 spiro atoms. The van der Waals surface area contributed by atoms with Crippen molar-refractivity contribution in [1.29, 1.82) is 0 Å². The van der Waals surface area contributed by atoms with Crippen LogP contribution >= 0.6 is 11.6 Å². The summed E-state index contributed by atoms with van der Waals surface area (Å²) in [6.07, 6.45) is 10.1. The number of nitrogens with one attached hydrogen (secondary N) is 1. The van der Waals surface area contributed by atoms with Gasteiger partial charge < -0.3 is 10.2 Å². The third-order valence-electron chi connectivity index (χ3n) is 5.25. The summed E-state index contributed by atoms with van der Waals surface area (Å²) in [6, 6.07) is 9.80. The number of amides is 2. The first-order valence-electron chi connectivity index (χ1n) is 9.80. The third-order valence-corrected chi connectivity index (χ3v) is 5.58. The zero-order valence-electron chi connectivity index (χ0n) is 16.0. The molecular weight excluding hydrogens is 386 g/mol. The van der Waals surface area contributed by atoms with Gasteiger partial charge in [0.1, 0.15) is 5.82 Å². The summed E-state index contributed by atoms with van der Waals surface area (Å²) in [5.41, 5.74) is 4.10. The molecule has 3 heterocycles. The van der Waals surface area contributed by atoms with Gasteiger partial charge in [0.25, 0.3) is 0 Å². The van der Waals surface area contributed by atoms with Crippen LogP contribution in [0, 0.1) is 0 Å². The number of aromatic nitrogens is 1. The molecule has 29 heavy (non-hydrogen) atoms. The van der Waals surface area contributed by atoms with E-state index in [0.717, 1.165) is 34.6 Å². The van der Waals surface area contributed by atoms with Gasteiger partial charge in [-0.1, -0.05) is 35.9 Å². The molecular formula is C23H22ClN3O2. The summed E-state index contributed by atoms with van der Waals surface area (Å²) in [5.74, 6) is 0.594. The summed E-state index contributed by atoms with van der Waals surface area (Å²) < 4.78 is 0. The van der Waals surface area contributed by atoms with E-state index in [4.69, 9.17) is 11.6 Å². The van der Waals surface area contributed by atoms with Crippen molar-refractivity contribution in [3.05, 3.63) is 70.4 Å². The highest BCUT2D eigenvalue weighted by molar-refractivity contribution is 6.32. The highest BCUT2D eigenvalue weighted by Gasteiger charge is 2.17. The van der Waals surface area contributed by atoms with Gasteiger partial charge in [0.15, 0.2) is 0 Å². The number of halogens is 1. The van der Waals surface area contributed by atoms with Gasteiger partial charge in [0, 0.05) is 36.8 Å². The molecule has 2 aromatic rings. The van der Waals surface area contributed by atoms with Crippen molar-refractivity contribution in [2.45, 2.75) is 25.7 Å². The van der Waals surface area contributed by atoms with Gasteiger partial charge in [-0.3, -0.25) is 9.59 Å². The minimum atomic E-state index is -0.0207. The number of hydrogen-bond acceptors (Lipinski definition) is 3. The van der Waals surface area contributed by atoms with Crippen LogP contribution in [0.5, 0.6) is 0 Å². The summed E-state index contributed by atoms with van der Waals surface area (Å²) >= 11 is 6.32. The Morgan fingerprint density at radius 2 is 2.07 bits per heavy atom. The first kappa shape index (κ1) is 19.4. The first-order valence-corrected chi connectivity index (χ1v) is 10.2. The SMILES string of the molecule is O=C1CCc2cc(C=CC(=O)N3CC=C(c4ccccc4Cl)CCC3)cnc2N1. The fourth-order valence-electron chi connectivity index (χ4n) is 3.68. The van der Waals surface area contributed by atoms with Crippen molar-refractivity contribution in [2.24, 2.45) is 0 Å². The molecule has 2 aliphatic rings. The molecule has 0 unspecified atom stereocenters. The molecule has 0 saturated heterocycles. The van der Waals surface area contributed by atoms with Crippen LogP contribution in [-0.2, 0) is 16.0 Å². The maximum absolute atomic E-state index is 12.7. The van der Waals surface area contributed by atoms with Crippen molar-refractivity contribution >= 4 is 40.9 Å². The second-order valence-electron chi connectivity index (χ2n) is 7.25. The standard InChI is InChI=1S/C23H22ClN3O2/c24-20-6-2-1-5-19(20)17-4-3-12-27(13-11-17)22(29)10-7-16-14-18-8-9-21(28)26-23(18)25-15-16/h1-2,5-7,10-11,14-15H,3-4,8-9,12-13H2,(H,25,26,28). The molecule has 2 amide bonds. The average Bonchev–Trinajstić information content (AvgIpc) is 2.98. The van der Waals surface area contributed by atoms with E-state index in [9.17, 15) is 9.59 Å². The molecule has 1 aromatic carbocycles. The van der Waals surface area contributed by atoms with Crippen LogP contribution in [0.4, 0.5) is 5.82 Å². The number of benzene rings is 1. The van der Waals surface area contributed by atoms with E-state index in [2.05, 4.69) is 16.4 Å². The molecule has 1 aromatic heterocycles. The van der Waals surface area contributed by atoms with E-state index in [1.54, 1.807) is 18.3 Å². The normalized spacial score (nSPS) is 16.8. The average molecular weight is 408 g/mol. The second-order valence-corrected chi connectivity index (χ2v) is 7.66. The smallest absolute Gasteiger partial charge is 0.246 e. The number of fused-ring (bicyclic) bond motifs is 1. The minimum absolute atomic E-state index is 0.00570. The number of carbonyl (C=O) groups excluding carboxylic acids is 2. The summed E-state index contributed by atoms with van der Waals surface area (Å²) in [6.45, 7) is 1.28. The minimum Gasteiger partial charge on any atom is -0.335 e. The fourth-order valence-corrected chi connectivity index (χ4v) is 3.94. The van der Waals surface area contributed by atoms with Crippen molar-refractivity contribution in [3.8, 4) is 0 Å². The van der Waals surface area contributed by atoms with E-state index in [1.165, 1.54) is 5.57 Å². The zero-order chi connectivity index (χ0) is 20.2. The monoisotopic (exact) mass is 407 g/mol. The van der Waals surface area contributed by atoms with E-state index in [-0.39, 0.29) is 11.8 Å². The molecule has 0 aliphatic carbocycles. The van der Waals surface area contributed by atoms with Gasteiger partial charge in [-0.05, 0) is 59.7 Å². The Morgan fingerprint density at radius 1 is 1.21 bits per heavy atom. The third kappa shape index (κ3) is 4.57. The Morgan fingerprint density at radius 3 is 2.93 bits per heavy atom. The molecule has 5 nitrogen and oxygen atoms in total. The van der Waals surface area contributed by atoms with Gasteiger partial charge in [-0.15, -0.1) is 0 Å². The zero-order valence-corrected chi connectivity index (χ0v) is 16.8. The van der Waals surface area contributed by atoms with Gasteiger partial charge in [-0.25, -0.2) is 4.98 Å². The van der Waals surface area contributed by atoms with Crippen molar-refractivity contribution in [2.75, 3.05) is 18.4 Å². The van der Waals surface area contributed by atoms with Gasteiger partial charge >= 0.3 is 0 Å². The number of aryl methyl sites for hydroxylation is 1. The van der Waals surface area contributed by atoms with Crippen molar-refractivity contribution in [3.63, 3.8) is 0 Å². The lowest BCUT2D eigenvalue weighted by Crippen LogP contribution is -2.29. The van der Waals surface area contributed by atoms with Gasteiger partial charge in [0.2, 0.25) is 11.8 Å². The van der Waals surface area contributed by atoms with Gasteiger partial charge in [-0.2, -0.15) is 0 Å². The lowest BCUT2D eigenvalue weighted by molar-refractivity contribution is -0.125. The lowest BCUT2D eigenvalue weighted by Gasteiger charge is -2.17. The molecule has 0 fully saturated rings. The molecule has 2 aliphatic heterocycles. The van der Waals surface area contributed by atoms with E-state index in [1.807, 2.05) is 35.2 Å². The van der Waals surface area contributed by atoms with Crippen molar-refractivity contribution in [1.82, 2.24) is 9.88 Å². The van der Waals surface area contributed by atoms with Crippen LogP contribution in [0.3, 0.4) is 0 Å². The molecule has 1 N–H and O–H groups in total. The van der Waals surface area contributed by atoms with Crippen LogP contribution in [0.2, 0.25) is 5.02 Å². The fraction of sp³-hybridized carbons (Fsp3) is 0.261. The summed E-state index contributed by atoms with van der Waals surface area (Å²) in [5, 5.41) is 3.51. The Hall–Kier alpha value is -2.92. The number of rotatable bonds is 3. The molecule has 0 radical (unpaired) electrons. The van der Waals surface area contributed by atoms with E-state index in [0.29, 0.717) is 31.7 Å². The topological polar surface area (TPSA) is 62.3 Å². The molecule has 0 atom stereocenters. The highest BCUT2D eigenvalue weighted by Crippen LogP contribution is 2.28. The number of pyridine rings is 1. The number of nitrogens with zero attached hydrogens (tertiary/aromatic N) is 2. The molecule has 148 valence electrons. The number of anilines is 1. The highest BCUT2D eigenvalue weighted by atomic mass is 35.5. The first-order chi connectivity index (χ1) is 14.1. The summed E-state index contributed by atoms with van der Waals surface area (Å²) in [7, 11) is 0. The predicted molar refractivity (Wildman–Crippen MR) is 115 cm³/mol. The van der Waals surface area contributed by atoms with Crippen LogP contribution < -0.4 is 5.32 Å². The van der Waals surface area contributed by atoms with Crippen LogP contribution in [0.1, 0.15) is 36.0 Å². The Balaban J connectivity index is 1.43. The molecule has 0 saturated carbocycles. The van der Waals surface area contributed by atoms with Crippen LogP contribution in [-0.4, -0.2) is 34.8 Å². The lowest BCUT2D eigenvalue weighted by atomic mass is 10.0. The largest absolute Gasteiger partial charge is 0.335 e. The molecule has 6 heteroatoms. The molecule has 4 rings (SSSR count). The van der Waals surface area contributed by atoms with Crippen LogP contribution in [0.15, 0.2) is 48.7 Å². The predicted octanol–water partition coefficient (Wildman–Crippen LogP) is 4.34. The molecule has 0 bridgehead atoms.